The van der Waals surface area contributed by atoms with Gasteiger partial charge in [-0.15, -0.1) is 0 Å². The summed E-state index contributed by atoms with van der Waals surface area (Å²) in [5.41, 5.74) is -2.09. The molecule has 2 amide bonds. The maximum absolute atomic E-state index is 13.4. The van der Waals surface area contributed by atoms with Gasteiger partial charge in [0.2, 0.25) is 11.7 Å². The molecule has 0 unspecified atom stereocenters. The number of ether oxygens (including phenoxy) is 1. The Bertz CT molecular complexity index is 997. The molecule has 0 saturated heterocycles. The first kappa shape index (κ1) is 23.6. The van der Waals surface area contributed by atoms with Gasteiger partial charge in [-0.3, -0.25) is 19.7 Å². The zero-order valence-corrected chi connectivity index (χ0v) is 16.3. The van der Waals surface area contributed by atoms with Crippen LogP contribution in [0.5, 0.6) is 5.75 Å². The zero-order valence-electron chi connectivity index (χ0n) is 16.3. The van der Waals surface area contributed by atoms with Crippen molar-refractivity contribution >= 4 is 23.2 Å². The molecule has 1 atom stereocenters. The molecule has 0 heterocycles. The highest BCUT2D eigenvalue weighted by molar-refractivity contribution is 5.95. The Balaban J connectivity index is 2.05. The average molecular weight is 443 g/mol. The van der Waals surface area contributed by atoms with Gasteiger partial charge in [-0.25, -0.2) is 4.39 Å². The van der Waals surface area contributed by atoms with Crippen molar-refractivity contribution in [2.45, 2.75) is 19.2 Å². The molecule has 2 rings (SSSR count). The second-order valence-corrected chi connectivity index (χ2v) is 6.42. The fraction of sp³-hybridized carbons (Fsp3) is 0.263. The zero-order chi connectivity index (χ0) is 23.3. The topological polar surface area (TPSA) is 102 Å². The second-order valence-electron chi connectivity index (χ2n) is 6.42. The Hall–Kier alpha value is -3.70. The molecular formula is C19H17F4N3O5. The molecule has 2 aromatic carbocycles. The van der Waals surface area contributed by atoms with Crippen molar-refractivity contribution in [2.24, 2.45) is 0 Å². The molecular weight excluding hydrogens is 426 g/mol. The number of benzene rings is 2. The van der Waals surface area contributed by atoms with Crippen molar-refractivity contribution in [3.05, 3.63) is 64.0 Å². The van der Waals surface area contributed by atoms with Gasteiger partial charge in [0, 0.05) is 19.2 Å². The Kier molecular flexibility index (Phi) is 7.16. The number of nitro benzene ring substituents is 1. The highest BCUT2D eigenvalue weighted by Crippen LogP contribution is 2.34. The summed E-state index contributed by atoms with van der Waals surface area (Å²) in [4.78, 5) is 35.6. The lowest BCUT2D eigenvalue weighted by Gasteiger charge is -2.22. The Labute approximate surface area is 173 Å². The van der Waals surface area contributed by atoms with E-state index in [-0.39, 0.29) is 0 Å². The number of para-hydroxylation sites is 1. The first-order chi connectivity index (χ1) is 14.4. The third kappa shape index (κ3) is 6.14. The van der Waals surface area contributed by atoms with Gasteiger partial charge in [-0.2, -0.15) is 13.2 Å². The predicted octanol–water partition coefficient (Wildman–Crippen LogP) is 3.62. The highest BCUT2D eigenvalue weighted by atomic mass is 19.4. The SMILES string of the molecule is C[C@H](Oc1cc(F)ccc1[N+](=O)[O-])C(=O)N(C)CC(=O)Nc1ccccc1C(F)(F)F. The maximum Gasteiger partial charge on any atom is 0.418 e. The van der Waals surface area contributed by atoms with Gasteiger partial charge >= 0.3 is 11.9 Å². The normalized spacial score (nSPS) is 12.1. The maximum atomic E-state index is 13.4. The predicted molar refractivity (Wildman–Crippen MR) is 101 cm³/mol. The molecule has 1 N–H and O–H groups in total. The summed E-state index contributed by atoms with van der Waals surface area (Å²) in [6.07, 6.45) is -6.03. The monoisotopic (exact) mass is 443 g/mol. The van der Waals surface area contributed by atoms with E-state index in [4.69, 9.17) is 4.74 Å². The van der Waals surface area contributed by atoms with Crippen LogP contribution in [-0.4, -0.2) is 41.3 Å². The van der Waals surface area contributed by atoms with Gasteiger partial charge in [-0.05, 0) is 25.1 Å². The molecule has 0 aromatic heterocycles. The third-order valence-corrected chi connectivity index (χ3v) is 4.03. The smallest absolute Gasteiger partial charge is 0.418 e. The molecule has 8 nitrogen and oxygen atoms in total. The molecule has 31 heavy (non-hydrogen) atoms. The molecule has 0 aliphatic heterocycles. The van der Waals surface area contributed by atoms with Crippen molar-refractivity contribution in [3.8, 4) is 5.75 Å². The molecule has 2 aromatic rings. The van der Waals surface area contributed by atoms with E-state index in [2.05, 4.69) is 5.32 Å². The summed E-state index contributed by atoms with van der Waals surface area (Å²) in [6.45, 7) is 0.605. The number of likely N-dealkylation sites (N-methyl/N-ethyl adjacent to an activating group) is 1. The number of halogens is 4. The third-order valence-electron chi connectivity index (χ3n) is 4.03. The van der Waals surface area contributed by atoms with Gasteiger partial charge in [0.05, 0.1) is 22.7 Å². The number of nitrogens with one attached hydrogen (secondary N) is 1. The standard InChI is InChI=1S/C19H17F4N3O5/c1-11(31-16-9-12(20)7-8-15(16)26(29)30)18(28)25(2)10-17(27)24-14-6-4-3-5-13(14)19(21,22)23/h3-9,11H,10H2,1-2H3,(H,24,27)/t11-/m0/s1. The summed E-state index contributed by atoms with van der Waals surface area (Å²) < 4.78 is 57.6. The molecule has 166 valence electrons. The summed E-state index contributed by atoms with van der Waals surface area (Å²) in [5, 5.41) is 13.1. The summed E-state index contributed by atoms with van der Waals surface area (Å²) in [7, 11) is 1.19. The lowest BCUT2D eigenvalue weighted by molar-refractivity contribution is -0.386. The van der Waals surface area contributed by atoms with Crippen LogP contribution in [0.25, 0.3) is 0 Å². The average Bonchev–Trinajstić information content (AvgIpc) is 2.66. The largest absolute Gasteiger partial charge is 0.474 e. The fourth-order valence-electron chi connectivity index (χ4n) is 2.61. The van der Waals surface area contributed by atoms with Gasteiger partial charge in [0.25, 0.3) is 5.91 Å². The Morgan fingerprint density at radius 2 is 1.87 bits per heavy atom. The van der Waals surface area contributed by atoms with Crippen LogP contribution >= 0.6 is 0 Å². The van der Waals surface area contributed by atoms with Crippen LogP contribution in [0.4, 0.5) is 28.9 Å². The van der Waals surface area contributed by atoms with Crippen LogP contribution in [0.15, 0.2) is 42.5 Å². The van der Waals surface area contributed by atoms with Gasteiger partial charge in [-0.1, -0.05) is 12.1 Å². The quantitative estimate of drug-likeness (QED) is 0.400. The first-order valence-electron chi connectivity index (χ1n) is 8.71. The summed E-state index contributed by atoms with van der Waals surface area (Å²) in [6, 6.07) is 6.80. The Morgan fingerprint density at radius 1 is 1.23 bits per heavy atom. The molecule has 0 aliphatic rings. The molecule has 0 saturated carbocycles. The number of anilines is 1. The molecule has 0 fully saturated rings. The van der Waals surface area contributed by atoms with Gasteiger partial charge in [0.15, 0.2) is 6.10 Å². The van der Waals surface area contributed by atoms with E-state index in [0.717, 1.165) is 35.2 Å². The van der Waals surface area contributed by atoms with Crippen molar-refractivity contribution in [1.29, 1.82) is 0 Å². The van der Waals surface area contributed by atoms with E-state index in [9.17, 15) is 37.3 Å². The number of carbonyl (C=O) groups excluding carboxylic acids is 2. The molecule has 12 heteroatoms. The van der Waals surface area contributed by atoms with Crippen molar-refractivity contribution in [1.82, 2.24) is 4.90 Å². The number of alkyl halides is 3. The van der Waals surface area contributed by atoms with Crippen LogP contribution in [-0.2, 0) is 15.8 Å². The van der Waals surface area contributed by atoms with Crippen LogP contribution < -0.4 is 10.1 Å². The van der Waals surface area contributed by atoms with Crippen molar-refractivity contribution in [2.75, 3.05) is 18.9 Å². The number of nitrogens with zero attached hydrogens (tertiary/aromatic N) is 2. The molecule has 0 bridgehead atoms. The lowest BCUT2D eigenvalue weighted by atomic mass is 10.1. The lowest BCUT2D eigenvalue weighted by Crippen LogP contribution is -2.42. The van der Waals surface area contributed by atoms with Crippen LogP contribution in [0.1, 0.15) is 12.5 Å². The van der Waals surface area contributed by atoms with Crippen molar-refractivity contribution < 1.29 is 36.8 Å². The van der Waals surface area contributed by atoms with E-state index in [1.165, 1.54) is 26.1 Å². The van der Waals surface area contributed by atoms with E-state index < -0.39 is 64.1 Å². The minimum absolute atomic E-state index is 0.472. The number of amides is 2. The van der Waals surface area contributed by atoms with E-state index in [1.54, 1.807) is 0 Å². The summed E-state index contributed by atoms with van der Waals surface area (Å²) in [5.74, 6) is -3.02. The number of hydrogen-bond acceptors (Lipinski definition) is 5. The number of carbonyl (C=O) groups is 2. The molecule has 0 radical (unpaired) electrons. The number of hydrogen-bond donors (Lipinski definition) is 1. The van der Waals surface area contributed by atoms with E-state index in [1.807, 2.05) is 0 Å². The molecule has 0 spiro atoms. The van der Waals surface area contributed by atoms with Crippen LogP contribution in [0.2, 0.25) is 0 Å². The minimum atomic E-state index is -4.69. The minimum Gasteiger partial charge on any atom is -0.474 e. The number of nitro groups is 1. The number of rotatable bonds is 7. The summed E-state index contributed by atoms with van der Waals surface area (Å²) >= 11 is 0. The highest BCUT2D eigenvalue weighted by Gasteiger charge is 2.33. The fourth-order valence-corrected chi connectivity index (χ4v) is 2.61. The second kappa shape index (κ2) is 9.41. The van der Waals surface area contributed by atoms with Gasteiger partial charge < -0.3 is 15.0 Å². The van der Waals surface area contributed by atoms with Gasteiger partial charge in [0.1, 0.15) is 5.82 Å². The van der Waals surface area contributed by atoms with E-state index >= 15 is 0 Å². The van der Waals surface area contributed by atoms with Crippen LogP contribution in [0, 0.1) is 15.9 Å². The van der Waals surface area contributed by atoms with Crippen LogP contribution in [0.3, 0.4) is 0 Å². The van der Waals surface area contributed by atoms with Crippen molar-refractivity contribution in [3.63, 3.8) is 0 Å². The molecule has 0 aliphatic carbocycles. The Morgan fingerprint density at radius 3 is 2.48 bits per heavy atom. The van der Waals surface area contributed by atoms with E-state index in [0.29, 0.717) is 0 Å². The first-order valence-corrected chi connectivity index (χ1v) is 8.71.